The number of nitrogens with zero attached hydrogens (tertiary/aromatic N) is 4. The van der Waals surface area contributed by atoms with Gasteiger partial charge in [0.25, 0.3) is 0 Å². The molecule has 1 spiro atoms. The largest absolute Gasteiger partial charge is 0.444 e. The maximum absolute atomic E-state index is 12.1. The van der Waals surface area contributed by atoms with Crippen molar-refractivity contribution < 1.29 is 9.53 Å². The molecule has 122 valence electrons. The SMILES string of the molecule is CC(C)(C)OC(=O)N1CC2(CCCN2c2ccc(C#N)cn2)C1. The summed E-state index contributed by atoms with van der Waals surface area (Å²) in [5, 5.41) is 8.88. The van der Waals surface area contributed by atoms with Crippen molar-refractivity contribution in [2.24, 2.45) is 0 Å². The quantitative estimate of drug-likeness (QED) is 0.796. The first-order chi connectivity index (χ1) is 10.8. The van der Waals surface area contributed by atoms with Crippen LogP contribution in [-0.4, -0.2) is 46.8 Å². The summed E-state index contributed by atoms with van der Waals surface area (Å²) in [7, 11) is 0. The average molecular weight is 314 g/mol. The first-order valence-electron chi connectivity index (χ1n) is 7.95. The highest BCUT2D eigenvalue weighted by Crippen LogP contribution is 2.40. The second kappa shape index (κ2) is 5.41. The molecule has 23 heavy (non-hydrogen) atoms. The molecular formula is C17H22N4O2. The van der Waals surface area contributed by atoms with Crippen LogP contribution in [0.2, 0.25) is 0 Å². The molecule has 0 aliphatic carbocycles. The molecule has 6 nitrogen and oxygen atoms in total. The Morgan fingerprint density at radius 3 is 2.70 bits per heavy atom. The third kappa shape index (κ3) is 2.96. The molecule has 0 atom stereocenters. The van der Waals surface area contributed by atoms with Gasteiger partial charge in [-0.05, 0) is 45.7 Å². The fourth-order valence-corrected chi connectivity index (χ4v) is 3.36. The highest BCUT2D eigenvalue weighted by molar-refractivity contribution is 5.70. The molecular weight excluding hydrogens is 292 g/mol. The number of anilines is 1. The van der Waals surface area contributed by atoms with Gasteiger partial charge in [-0.2, -0.15) is 5.26 Å². The first kappa shape index (κ1) is 15.6. The highest BCUT2D eigenvalue weighted by Gasteiger charge is 2.53. The summed E-state index contributed by atoms with van der Waals surface area (Å²) in [5.74, 6) is 0.880. The number of hydrogen-bond donors (Lipinski definition) is 0. The van der Waals surface area contributed by atoms with Crippen LogP contribution in [0.3, 0.4) is 0 Å². The van der Waals surface area contributed by atoms with Gasteiger partial charge in [-0.25, -0.2) is 9.78 Å². The molecule has 2 aliphatic rings. The van der Waals surface area contributed by atoms with Crippen molar-refractivity contribution in [3.8, 4) is 6.07 Å². The van der Waals surface area contributed by atoms with Gasteiger partial charge in [0.05, 0.1) is 11.1 Å². The van der Waals surface area contributed by atoms with Crippen molar-refractivity contribution in [3.63, 3.8) is 0 Å². The minimum absolute atomic E-state index is 0.0297. The van der Waals surface area contributed by atoms with E-state index in [1.807, 2.05) is 26.8 Å². The standard InChI is InChI=1S/C17H22N4O2/c1-16(2,3)23-15(22)20-11-17(12-20)7-4-8-21(17)14-6-5-13(9-18)10-19-14/h5-6,10H,4,7-8,11-12H2,1-3H3. The predicted molar refractivity (Wildman–Crippen MR) is 86.1 cm³/mol. The number of hydrogen-bond acceptors (Lipinski definition) is 5. The van der Waals surface area contributed by atoms with E-state index in [0.29, 0.717) is 18.7 Å². The second-order valence-corrected chi connectivity index (χ2v) is 7.33. The predicted octanol–water partition coefficient (Wildman–Crippen LogP) is 2.54. The summed E-state index contributed by atoms with van der Waals surface area (Å²) in [4.78, 5) is 20.6. The Kier molecular flexibility index (Phi) is 3.67. The summed E-state index contributed by atoms with van der Waals surface area (Å²) < 4.78 is 5.43. The minimum Gasteiger partial charge on any atom is -0.444 e. The van der Waals surface area contributed by atoms with Crippen molar-refractivity contribution in [2.45, 2.75) is 44.8 Å². The van der Waals surface area contributed by atoms with Crippen molar-refractivity contribution in [2.75, 3.05) is 24.5 Å². The van der Waals surface area contributed by atoms with Gasteiger partial charge in [0.2, 0.25) is 0 Å². The van der Waals surface area contributed by atoms with E-state index in [-0.39, 0.29) is 11.6 Å². The van der Waals surface area contributed by atoms with E-state index in [0.717, 1.165) is 25.2 Å². The van der Waals surface area contributed by atoms with E-state index in [1.54, 1.807) is 17.2 Å². The Hall–Kier alpha value is -2.29. The lowest BCUT2D eigenvalue weighted by Gasteiger charge is -2.52. The molecule has 3 rings (SSSR count). The van der Waals surface area contributed by atoms with Gasteiger partial charge in [0.15, 0.2) is 0 Å². The smallest absolute Gasteiger partial charge is 0.410 e. The van der Waals surface area contributed by atoms with Crippen molar-refractivity contribution >= 4 is 11.9 Å². The highest BCUT2D eigenvalue weighted by atomic mass is 16.6. The molecule has 2 fully saturated rings. The monoisotopic (exact) mass is 314 g/mol. The number of carbonyl (C=O) groups is 1. The van der Waals surface area contributed by atoms with E-state index in [1.165, 1.54) is 0 Å². The van der Waals surface area contributed by atoms with Gasteiger partial charge in [0.1, 0.15) is 17.5 Å². The van der Waals surface area contributed by atoms with Crippen molar-refractivity contribution in [1.82, 2.24) is 9.88 Å². The molecule has 1 aromatic heterocycles. The van der Waals surface area contributed by atoms with Gasteiger partial charge in [-0.15, -0.1) is 0 Å². The number of nitriles is 1. The molecule has 0 N–H and O–H groups in total. The van der Waals surface area contributed by atoms with Gasteiger partial charge in [-0.1, -0.05) is 0 Å². The third-order valence-electron chi connectivity index (χ3n) is 4.37. The Bertz CT molecular complexity index is 636. The Balaban J connectivity index is 1.69. The topological polar surface area (TPSA) is 69.5 Å². The normalized spacial score (nSPS) is 19.4. The molecule has 3 heterocycles. The molecule has 0 radical (unpaired) electrons. The third-order valence-corrected chi connectivity index (χ3v) is 4.37. The van der Waals surface area contributed by atoms with Gasteiger partial charge in [0, 0.05) is 25.8 Å². The van der Waals surface area contributed by atoms with Gasteiger partial charge in [-0.3, -0.25) is 0 Å². The lowest BCUT2D eigenvalue weighted by molar-refractivity contribution is -0.00713. The summed E-state index contributed by atoms with van der Waals surface area (Å²) in [5.41, 5.74) is 0.0630. The van der Waals surface area contributed by atoms with Crippen molar-refractivity contribution in [1.29, 1.82) is 5.26 Å². The Morgan fingerprint density at radius 1 is 1.39 bits per heavy atom. The number of rotatable bonds is 1. The van der Waals surface area contributed by atoms with E-state index in [2.05, 4.69) is 16.0 Å². The van der Waals surface area contributed by atoms with Crippen LogP contribution in [0.4, 0.5) is 10.6 Å². The van der Waals surface area contributed by atoms with Gasteiger partial charge >= 0.3 is 6.09 Å². The van der Waals surface area contributed by atoms with Gasteiger partial charge < -0.3 is 14.5 Å². The fraction of sp³-hybridized carbons (Fsp3) is 0.588. The van der Waals surface area contributed by atoms with Crippen LogP contribution in [0.1, 0.15) is 39.2 Å². The van der Waals surface area contributed by atoms with Crippen LogP contribution in [-0.2, 0) is 4.74 Å². The number of pyridine rings is 1. The van der Waals surface area contributed by atoms with E-state index in [9.17, 15) is 4.79 Å². The number of amides is 1. The summed E-state index contributed by atoms with van der Waals surface area (Å²) in [6, 6.07) is 5.77. The Morgan fingerprint density at radius 2 is 2.13 bits per heavy atom. The second-order valence-electron chi connectivity index (χ2n) is 7.33. The Labute approximate surface area is 136 Å². The van der Waals surface area contributed by atoms with E-state index >= 15 is 0 Å². The fourth-order valence-electron chi connectivity index (χ4n) is 3.36. The zero-order valence-corrected chi connectivity index (χ0v) is 13.9. The number of aromatic nitrogens is 1. The average Bonchev–Trinajstić information content (AvgIpc) is 2.88. The number of ether oxygens (including phenoxy) is 1. The number of likely N-dealkylation sites (tertiary alicyclic amines) is 1. The molecule has 0 unspecified atom stereocenters. The minimum atomic E-state index is -0.468. The summed E-state index contributed by atoms with van der Waals surface area (Å²) >= 11 is 0. The molecule has 2 saturated heterocycles. The maximum atomic E-state index is 12.1. The first-order valence-corrected chi connectivity index (χ1v) is 7.95. The molecule has 1 amide bonds. The lowest BCUT2D eigenvalue weighted by atomic mass is 9.87. The molecule has 0 bridgehead atoms. The van der Waals surface area contributed by atoms with Crippen LogP contribution in [0.25, 0.3) is 0 Å². The molecule has 0 saturated carbocycles. The van der Waals surface area contributed by atoms with Crippen LogP contribution in [0.5, 0.6) is 0 Å². The zero-order valence-electron chi connectivity index (χ0n) is 13.9. The molecule has 1 aromatic rings. The lowest BCUT2D eigenvalue weighted by Crippen LogP contribution is -2.69. The van der Waals surface area contributed by atoms with Crippen LogP contribution in [0, 0.1) is 11.3 Å². The summed E-state index contributed by atoms with van der Waals surface area (Å²) in [6.07, 6.45) is 3.49. The molecule has 0 aromatic carbocycles. The molecule has 2 aliphatic heterocycles. The van der Waals surface area contributed by atoms with E-state index in [4.69, 9.17) is 10.00 Å². The summed E-state index contributed by atoms with van der Waals surface area (Å²) in [6.45, 7) is 7.91. The van der Waals surface area contributed by atoms with Crippen LogP contribution < -0.4 is 4.90 Å². The van der Waals surface area contributed by atoms with E-state index < -0.39 is 5.60 Å². The van der Waals surface area contributed by atoms with Crippen LogP contribution in [0.15, 0.2) is 18.3 Å². The maximum Gasteiger partial charge on any atom is 0.410 e. The molecule has 6 heteroatoms. The van der Waals surface area contributed by atoms with Crippen LogP contribution >= 0.6 is 0 Å². The zero-order chi connectivity index (χ0) is 16.7. The number of carbonyl (C=O) groups excluding carboxylic acids is 1. The van der Waals surface area contributed by atoms with Crippen molar-refractivity contribution in [3.05, 3.63) is 23.9 Å².